The topological polar surface area (TPSA) is 56.1 Å². The summed E-state index contributed by atoms with van der Waals surface area (Å²) in [5.41, 5.74) is 5.45. The van der Waals surface area contributed by atoms with Gasteiger partial charge in [-0.25, -0.2) is 9.67 Å². The number of fused-ring (bicyclic) bond motifs is 1. The Kier molecular flexibility index (Phi) is 6.63. The van der Waals surface area contributed by atoms with Gasteiger partial charge in [-0.1, -0.05) is 42.7 Å². The van der Waals surface area contributed by atoms with Gasteiger partial charge >= 0.3 is 0 Å². The lowest BCUT2D eigenvalue weighted by atomic mass is 10.1. The smallest absolute Gasteiger partial charge is 0.160 e. The van der Waals surface area contributed by atoms with E-state index >= 15 is 0 Å². The maximum Gasteiger partial charge on any atom is 0.160 e. The Morgan fingerprint density at radius 1 is 0.818 bits per heavy atom. The van der Waals surface area contributed by atoms with Crippen molar-refractivity contribution in [1.82, 2.24) is 19.7 Å². The van der Waals surface area contributed by atoms with Crippen LogP contribution in [0.2, 0.25) is 0 Å². The monoisotopic (exact) mass is 441 g/mol. The van der Waals surface area contributed by atoms with E-state index in [0.29, 0.717) is 19.8 Å². The molecule has 3 aromatic heterocycles. The van der Waals surface area contributed by atoms with E-state index in [1.54, 1.807) is 12.4 Å². The molecule has 1 fully saturated rings. The van der Waals surface area contributed by atoms with Crippen molar-refractivity contribution in [3.63, 3.8) is 0 Å². The molecule has 0 bridgehead atoms. The third kappa shape index (κ3) is 5.22. The number of ether oxygens (including phenoxy) is 1. The maximum atomic E-state index is 6.01. The second kappa shape index (κ2) is 10.1. The van der Waals surface area contributed by atoms with E-state index < -0.39 is 0 Å². The fraction of sp³-hybridized carbons (Fsp3) is 0.370. The molecule has 4 aromatic rings. The first kappa shape index (κ1) is 21.6. The first-order chi connectivity index (χ1) is 16.3. The summed E-state index contributed by atoms with van der Waals surface area (Å²) in [7, 11) is 0. The van der Waals surface area contributed by atoms with Crippen molar-refractivity contribution < 1.29 is 4.74 Å². The molecule has 1 saturated heterocycles. The van der Waals surface area contributed by atoms with Crippen LogP contribution in [0.5, 0.6) is 0 Å². The lowest BCUT2D eigenvalue weighted by molar-refractivity contribution is 0.105. The Morgan fingerprint density at radius 3 is 2.33 bits per heavy atom. The van der Waals surface area contributed by atoms with Gasteiger partial charge in [-0.3, -0.25) is 4.98 Å². The van der Waals surface area contributed by atoms with Crippen LogP contribution in [0.4, 0.5) is 5.82 Å². The lowest BCUT2D eigenvalue weighted by Gasteiger charge is -2.21. The van der Waals surface area contributed by atoms with Crippen LogP contribution in [0, 0.1) is 6.92 Å². The summed E-state index contributed by atoms with van der Waals surface area (Å²) in [5.74, 6) is 1.05. The van der Waals surface area contributed by atoms with E-state index in [9.17, 15) is 0 Å². The third-order valence-corrected chi connectivity index (χ3v) is 6.30. The van der Waals surface area contributed by atoms with E-state index in [-0.39, 0.29) is 0 Å². The highest BCUT2D eigenvalue weighted by molar-refractivity contribution is 5.80. The van der Waals surface area contributed by atoms with Gasteiger partial charge in [0.2, 0.25) is 0 Å². The van der Waals surface area contributed by atoms with Gasteiger partial charge in [-0.2, -0.15) is 5.10 Å². The minimum atomic E-state index is 0.449. The molecular weight excluding hydrogens is 410 g/mol. The highest BCUT2D eigenvalue weighted by Gasteiger charge is 2.17. The molecule has 0 unspecified atom stereocenters. The average Bonchev–Trinajstić information content (AvgIpc) is 3.01. The normalized spacial score (nSPS) is 14.5. The number of aryl methyl sites for hydroxylation is 1. The lowest BCUT2D eigenvalue weighted by Crippen LogP contribution is -2.24. The Labute approximate surface area is 195 Å². The number of rotatable bonds is 7. The van der Waals surface area contributed by atoms with Crippen molar-refractivity contribution in [1.29, 1.82) is 0 Å². The number of hydrogen-bond donors (Lipinski definition) is 0. The van der Waals surface area contributed by atoms with Gasteiger partial charge in [0, 0.05) is 30.9 Å². The molecule has 1 aromatic carbocycles. The number of anilines is 1. The summed E-state index contributed by atoms with van der Waals surface area (Å²) in [6.07, 6.45) is 8.66. The minimum absolute atomic E-state index is 0.449. The van der Waals surface area contributed by atoms with Crippen LogP contribution in [-0.2, 0) is 24.5 Å². The van der Waals surface area contributed by atoms with Gasteiger partial charge in [-0.15, -0.1) is 0 Å². The van der Waals surface area contributed by atoms with Gasteiger partial charge < -0.3 is 9.64 Å². The van der Waals surface area contributed by atoms with E-state index in [4.69, 9.17) is 14.8 Å². The fourth-order valence-electron chi connectivity index (χ4n) is 4.41. The van der Waals surface area contributed by atoms with Crippen LogP contribution in [0.25, 0.3) is 11.0 Å². The molecule has 0 spiro atoms. The molecule has 170 valence electrons. The van der Waals surface area contributed by atoms with Crippen LogP contribution < -0.4 is 4.90 Å². The van der Waals surface area contributed by atoms with Crippen molar-refractivity contribution in [3.8, 4) is 0 Å². The zero-order valence-electron chi connectivity index (χ0n) is 19.3. The Bertz CT molecular complexity index is 1180. The first-order valence-corrected chi connectivity index (χ1v) is 11.9. The quantitative estimate of drug-likeness (QED) is 0.391. The summed E-state index contributed by atoms with van der Waals surface area (Å²) in [4.78, 5) is 11.6. The van der Waals surface area contributed by atoms with Gasteiger partial charge in [0.05, 0.1) is 25.5 Å². The van der Waals surface area contributed by atoms with Crippen LogP contribution in [-0.4, -0.2) is 32.8 Å². The van der Waals surface area contributed by atoms with Gasteiger partial charge in [0.25, 0.3) is 0 Å². The molecule has 0 aliphatic carbocycles. The number of benzene rings is 1. The van der Waals surface area contributed by atoms with E-state index in [2.05, 4.69) is 53.2 Å². The highest BCUT2D eigenvalue weighted by atomic mass is 16.5. The molecule has 0 radical (unpaired) electrons. The molecule has 1 aliphatic rings. The van der Waals surface area contributed by atoms with E-state index in [1.807, 2.05) is 16.8 Å². The standard InChI is InChI=1S/C27H31N5O/c1-21-6-8-22(9-7-21)18-32-27-24(10-11-26(29-27)31-16-4-2-3-5-17-31)25(30-32)20-33-19-23-12-14-28-15-13-23/h6-15H,2-5,16-20H2,1H3. The molecule has 1 aliphatic heterocycles. The number of aromatic nitrogens is 4. The molecule has 0 amide bonds. The second-order valence-electron chi connectivity index (χ2n) is 8.88. The summed E-state index contributed by atoms with van der Waals surface area (Å²) in [6.45, 7) is 5.94. The molecule has 33 heavy (non-hydrogen) atoms. The molecule has 0 atom stereocenters. The van der Waals surface area contributed by atoms with Crippen LogP contribution >= 0.6 is 0 Å². The summed E-state index contributed by atoms with van der Waals surface area (Å²) in [5, 5.41) is 6.01. The average molecular weight is 442 g/mol. The van der Waals surface area contributed by atoms with Crippen molar-refractivity contribution in [2.45, 2.75) is 52.4 Å². The first-order valence-electron chi connectivity index (χ1n) is 11.9. The molecular formula is C27H31N5O. The van der Waals surface area contributed by atoms with Gasteiger partial charge in [0.1, 0.15) is 5.82 Å². The maximum absolute atomic E-state index is 6.01. The predicted molar refractivity (Wildman–Crippen MR) is 131 cm³/mol. The Hall–Kier alpha value is -3.25. The van der Waals surface area contributed by atoms with Crippen LogP contribution in [0.1, 0.15) is 48.1 Å². The van der Waals surface area contributed by atoms with E-state index in [0.717, 1.165) is 41.2 Å². The molecule has 4 heterocycles. The fourth-order valence-corrected chi connectivity index (χ4v) is 4.41. The van der Waals surface area contributed by atoms with Crippen molar-refractivity contribution in [2.24, 2.45) is 0 Å². The number of nitrogens with zero attached hydrogens (tertiary/aromatic N) is 5. The summed E-state index contributed by atoms with van der Waals surface area (Å²) in [6, 6.07) is 16.9. The second-order valence-corrected chi connectivity index (χ2v) is 8.88. The molecule has 0 saturated carbocycles. The Balaban J connectivity index is 1.43. The van der Waals surface area contributed by atoms with Crippen molar-refractivity contribution in [2.75, 3.05) is 18.0 Å². The number of hydrogen-bond acceptors (Lipinski definition) is 5. The van der Waals surface area contributed by atoms with Crippen molar-refractivity contribution in [3.05, 3.63) is 83.3 Å². The van der Waals surface area contributed by atoms with Crippen LogP contribution in [0.3, 0.4) is 0 Å². The summed E-state index contributed by atoms with van der Waals surface area (Å²) >= 11 is 0. The number of pyridine rings is 2. The predicted octanol–water partition coefficient (Wildman–Crippen LogP) is 5.28. The SMILES string of the molecule is Cc1ccc(Cn2nc(COCc3ccncc3)c3ccc(N4CCCCCC4)nc32)cc1. The van der Waals surface area contributed by atoms with Gasteiger partial charge in [-0.05, 0) is 55.2 Å². The molecule has 0 N–H and O–H groups in total. The molecule has 5 rings (SSSR count). The minimum Gasteiger partial charge on any atom is -0.370 e. The third-order valence-electron chi connectivity index (χ3n) is 6.30. The van der Waals surface area contributed by atoms with Crippen molar-refractivity contribution >= 4 is 16.9 Å². The Morgan fingerprint density at radius 2 is 1.58 bits per heavy atom. The van der Waals surface area contributed by atoms with E-state index in [1.165, 1.54) is 36.8 Å². The largest absolute Gasteiger partial charge is 0.370 e. The van der Waals surface area contributed by atoms with Gasteiger partial charge in [0.15, 0.2) is 5.65 Å². The summed E-state index contributed by atoms with van der Waals surface area (Å²) < 4.78 is 8.05. The molecule has 6 heteroatoms. The molecule has 6 nitrogen and oxygen atoms in total. The zero-order valence-corrected chi connectivity index (χ0v) is 19.3. The van der Waals surface area contributed by atoms with Crippen LogP contribution in [0.15, 0.2) is 60.9 Å². The highest BCUT2D eigenvalue weighted by Crippen LogP contribution is 2.25. The zero-order chi connectivity index (χ0) is 22.5.